The minimum Gasteiger partial charge on any atom is -0.497 e. The molecule has 3 rings (SSSR count). The first-order chi connectivity index (χ1) is 13.1. The van der Waals surface area contributed by atoms with E-state index in [4.69, 9.17) is 9.47 Å². The predicted octanol–water partition coefficient (Wildman–Crippen LogP) is 3.11. The van der Waals surface area contributed by atoms with E-state index in [9.17, 15) is 4.79 Å². The lowest BCUT2D eigenvalue weighted by molar-refractivity contribution is -0.119. The van der Waals surface area contributed by atoms with E-state index >= 15 is 0 Å². The summed E-state index contributed by atoms with van der Waals surface area (Å²) in [4.78, 5) is 18.7. The number of hydrogen-bond acceptors (Lipinski definition) is 6. The summed E-state index contributed by atoms with van der Waals surface area (Å²) in [6.45, 7) is 0.827. The lowest BCUT2D eigenvalue weighted by atomic mass is 10.1. The van der Waals surface area contributed by atoms with Gasteiger partial charge in [0, 0.05) is 13.6 Å². The van der Waals surface area contributed by atoms with Gasteiger partial charge < -0.3 is 19.7 Å². The number of carbonyl (C=O) groups excluding carboxylic acids is 1. The zero-order valence-electron chi connectivity index (χ0n) is 15.7. The number of thiazole rings is 1. The second-order valence-electron chi connectivity index (χ2n) is 6.11. The molecule has 1 amide bonds. The standard InChI is InChI=1S/C20H23N3O3S/c1-23(20-22-19-16(26-3)8-5-9-17(19)27-20)13-18(24)21-11-10-14-6-4-7-15(12-14)25-2/h4-9,12H,10-11,13H2,1-3H3,(H,21,24). The van der Waals surface area contributed by atoms with Gasteiger partial charge in [-0.3, -0.25) is 4.79 Å². The van der Waals surface area contributed by atoms with Crippen LogP contribution in [-0.4, -0.2) is 45.2 Å². The maximum Gasteiger partial charge on any atom is 0.239 e. The first kappa shape index (κ1) is 19.0. The summed E-state index contributed by atoms with van der Waals surface area (Å²) >= 11 is 1.54. The molecule has 2 aromatic carbocycles. The van der Waals surface area contributed by atoms with Gasteiger partial charge in [-0.2, -0.15) is 0 Å². The Morgan fingerprint density at radius 2 is 2.00 bits per heavy atom. The first-order valence-electron chi connectivity index (χ1n) is 8.65. The monoisotopic (exact) mass is 385 g/mol. The molecular formula is C20H23N3O3S. The Balaban J connectivity index is 1.54. The minimum atomic E-state index is -0.0355. The molecule has 0 aliphatic heterocycles. The maximum absolute atomic E-state index is 12.3. The van der Waals surface area contributed by atoms with Crippen molar-refractivity contribution in [2.45, 2.75) is 6.42 Å². The molecule has 1 N–H and O–H groups in total. The summed E-state index contributed by atoms with van der Waals surface area (Å²) < 4.78 is 11.6. The highest BCUT2D eigenvalue weighted by molar-refractivity contribution is 7.22. The molecule has 6 nitrogen and oxygen atoms in total. The summed E-state index contributed by atoms with van der Waals surface area (Å²) in [6, 6.07) is 13.7. The Bertz CT molecular complexity index is 926. The van der Waals surface area contributed by atoms with E-state index in [1.165, 1.54) is 0 Å². The number of carbonyl (C=O) groups is 1. The van der Waals surface area contributed by atoms with Crippen molar-refractivity contribution in [2.24, 2.45) is 0 Å². The molecule has 0 saturated heterocycles. The van der Waals surface area contributed by atoms with Crippen LogP contribution in [0.25, 0.3) is 10.2 Å². The SMILES string of the molecule is COc1cccc(CCNC(=O)CN(C)c2nc3c(OC)cccc3s2)c1. The van der Waals surface area contributed by atoms with E-state index in [-0.39, 0.29) is 12.5 Å². The van der Waals surface area contributed by atoms with Gasteiger partial charge in [-0.15, -0.1) is 0 Å². The topological polar surface area (TPSA) is 63.7 Å². The highest BCUT2D eigenvalue weighted by Crippen LogP contribution is 2.33. The quantitative estimate of drug-likeness (QED) is 0.646. The molecule has 142 valence electrons. The van der Waals surface area contributed by atoms with Gasteiger partial charge in [-0.1, -0.05) is 29.5 Å². The third-order valence-electron chi connectivity index (χ3n) is 4.17. The smallest absolute Gasteiger partial charge is 0.239 e. The van der Waals surface area contributed by atoms with Crippen LogP contribution < -0.4 is 19.7 Å². The van der Waals surface area contributed by atoms with Crippen molar-refractivity contribution >= 4 is 32.6 Å². The summed E-state index contributed by atoms with van der Waals surface area (Å²) in [6.07, 6.45) is 0.755. The number of amides is 1. The molecule has 0 fully saturated rings. The Kier molecular flexibility index (Phi) is 6.13. The van der Waals surface area contributed by atoms with Crippen molar-refractivity contribution in [1.29, 1.82) is 0 Å². The molecule has 1 heterocycles. The molecule has 7 heteroatoms. The van der Waals surface area contributed by atoms with Gasteiger partial charge in [0.1, 0.15) is 17.0 Å². The van der Waals surface area contributed by atoms with Crippen LogP contribution in [0.2, 0.25) is 0 Å². The normalized spacial score (nSPS) is 10.6. The van der Waals surface area contributed by atoms with E-state index in [2.05, 4.69) is 10.3 Å². The summed E-state index contributed by atoms with van der Waals surface area (Å²) in [5, 5.41) is 3.75. The van der Waals surface area contributed by atoms with Gasteiger partial charge in [0.2, 0.25) is 5.91 Å². The zero-order chi connectivity index (χ0) is 19.2. The Morgan fingerprint density at radius 3 is 2.78 bits per heavy atom. The van der Waals surface area contributed by atoms with Crippen molar-refractivity contribution in [3.63, 3.8) is 0 Å². The van der Waals surface area contributed by atoms with E-state index in [1.807, 2.05) is 54.4 Å². The number of aromatic nitrogens is 1. The molecule has 0 saturated carbocycles. The van der Waals surface area contributed by atoms with Gasteiger partial charge in [-0.25, -0.2) is 4.98 Å². The third kappa shape index (κ3) is 4.68. The van der Waals surface area contributed by atoms with Gasteiger partial charge in [0.25, 0.3) is 0 Å². The molecule has 0 bridgehead atoms. The number of anilines is 1. The van der Waals surface area contributed by atoms with Crippen molar-refractivity contribution in [2.75, 3.05) is 39.3 Å². The minimum absolute atomic E-state index is 0.0355. The number of ether oxygens (including phenoxy) is 2. The Hall–Kier alpha value is -2.80. The van der Waals surface area contributed by atoms with Crippen LogP contribution in [0.15, 0.2) is 42.5 Å². The number of fused-ring (bicyclic) bond motifs is 1. The molecule has 3 aromatic rings. The van der Waals surface area contributed by atoms with Crippen LogP contribution in [0.5, 0.6) is 11.5 Å². The molecule has 27 heavy (non-hydrogen) atoms. The number of para-hydroxylation sites is 1. The number of nitrogens with zero attached hydrogens (tertiary/aromatic N) is 2. The van der Waals surface area contributed by atoms with E-state index in [0.717, 1.165) is 38.8 Å². The molecule has 0 atom stereocenters. The highest BCUT2D eigenvalue weighted by Gasteiger charge is 2.14. The lowest BCUT2D eigenvalue weighted by Gasteiger charge is -2.15. The van der Waals surface area contributed by atoms with Crippen molar-refractivity contribution < 1.29 is 14.3 Å². The fraction of sp³-hybridized carbons (Fsp3) is 0.300. The van der Waals surface area contributed by atoms with Crippen LogP contribution >= 0.6 is 11.3 Å². The fourth-order valence-electron chi connectivity index (χ4n) is 2.75. The molecular weight excluding hydrogens is 362 g/mol. The number of nitrogens with one attached hydrogen (secondary N) is 1. The first-order valence-corrected chi connectivity index (χ1v) is 9.46. The summed E-state index contributed by atoms with van der Waals surface area (Å²) in [5.41, 5.74) is 1.95. The van der Waals surface area contributed by atoms with Gasteiger partial charge in [0.05, 0.1) is 25.5 Å². The van der Waals surface area contributed by atoms with Crippen molar-refractivity contribution in [3.8, 4) is 11.5 Å². The lowest BCUT2D eigenvalue weighted by Crippen LogP contribution is -2.36. The van der Waals surface area contributed by atoms with Crippen LogP contribution in [0, 0.1) is 0 Å². The molecule has 0 aliphatic rings. The van der Waals surface area contributed by atoms with E-state index in [0.29, 0.717) is 6.54 Å². The van der Waals surface area contributed by atoms with Gasteiger partial charge >= 0.3 is 0 Å². The number of rotatable bonds is 8. The molecule has 0 unspecified atom stereocenters. The average Bonchev–Trinajstić information content (AvgIpc) is 3.12. The predicted molar refractivity (Wildman–Crippen MR) is 109 cm³/mol. The Labute approximate surface area is 162 Å². The highest BCUT2D eigenvalue weighted by atomic mass is 32.1. The number of likely N-dealkylation sites (N-methyl/N-ethyl adjacent to an activating group) is 1. The zero-order valence-corrected chi connectivity index (χ0v) is 16.5. The second-order valence-corrected chi connectivity index (χ2v) is 7.12. The molecule has 0 aliphatic carbocycles. The second kappa shape index (κ2) is 8.73. The third-order valence-corrected chi connectivity index (χ3v) is 5.30. The summed E-state index contributed by atoms with van der Waals surface area (Å²) in [5.74, 6) is 1.53. The van der Waals surface area contributed by atoms with Gasteiger partial charge in [-0.05, 0) is 36.2 Å². The van der Waals surface area contributed by atoms with Crippen molar-refractivity contribution in [1.82, 2.24) is 10.3 Å². The van der Waals surface area contributed by atoms with Crippen LogP contribution in [0.1, 0.15) is 5.56 Å². The number of benzene rings is 2. The van der Waals surface area contributed by atoms with Crippen LogP contribution in [0.4, 0.5) is 5.13 Å². The molecule has 1 aromatic heterocycles. The molecule has 0 radical (unpaired) electrons. The van der Waals surface area contributed by atoms with Crippen LogP contribution in [0.3, 0.4) is 0 Å². The van der Waals surface area contributed by atoms with Crippen molar-refractivity contribution in [3.05, 3.63) is 48.0 Å². The largest absolute Gasteiger partial charge is 0.497 e. The summed E-state index contributed by atoms with van der Waals surface area (Å²) in [7, 11) is 5.15. The molecule has 0 spiro atoms. The average molecular weight is 385 g/mol. The fourth-order valence-corrected chi connectivity index (χ4v) is 3.70. The van der Waals surface area contributed by atoms with E-state index < -0.39 is 0 Å². The van der Waals surface area contributed by atoms with E-state index in [1.54, 1.807) is 25.6 Å². The van der Waals surface area contributed by atoms with Crippen LogP contribution in [-0.2, 0) is 11.2 Å². The number of hydrogen-bond donors (Lipinski definition) is 1. The van der Waals surface area contributed by atoms with Gasteiger partial charge in [0.15, 0.2) is 5.13 Å². The number of methoxy groups -OCH3 is 2. The maximum atomic E-state index is 12.3. The Morgan fingerprint density at radius 1 is 1.19 bits per heavy atom.